The molecule has 2 aromatic heterocycles. The third kappa shape index (κ3) is 3.78. The van der Waals surface area contributed by atoms with Crippen molar-refractivity contribution in [2.24, 2.45) is 5.92 Å². The van der Waals surface area contributed by atoms with Crippen LogP contribution in [0.4, 0.5) is 0 Å². The lowest BCUT2D eigenvalue weighted by atomic mass is 9.95. The first kappa shape index (κ1) is 19.7. The zero-order chi connectivity index (χ0) is 19.9. The molecular weight excluding hydrogens is 388 g/mol. The number of para-hydroxylation sites is 1. The molecule has 0 aliphatic carbocycles. The lowest BCUT2D eigenvalue weighted by Crippen LogP contribution is -2.34. The third-order valence-corrected chi connectivity index (χ3v) is 7.14. The van der Waals surface area contributed by atoms with E-state index in [0.717, 1.165) is 38.3 Å². The Balaban J connectivity index is 1.88. The number of fused-ring (bicyclic) bond motifs is 2. The van der Waals surface area contributed by atoms with E-state index in [-0.39, 0.29) is 11.0 Å². The molecule has 1 aliphatic heterocycles. The first-order chi connectivity index (χ1) is 13.4. The minimum atomic E-state index is -0.302. The first-order valence-electron chi connectivity index (χ1n) is 9.75. The van der Waals surface area contributed by atoms with Gasteiger partial charge in [-0.3, -0.25) is 9.36 Å². The molecule has 4 rings (SSSR count). The summed E-state index contributed by atoms with van der Waals surface area (Å²) in [5.41, 5.74) is 2.29. The summed E-state index contributed by atoms with van der Waals surface area (Å²) in [5, 5.41) is 0.901. The van der Waals surface area contributed by atoms with Gasteiger partial charge >= 0.3 is 0 Å². The van der Waals surface area contributed by atoms with Crippen molar-refractivity contribution in [3.05, 3.63) is 51.0 Å². The SMILES string of the molecule is CC(C)CCSc1nc2c(=O)c3c(sc2n1-c1ccccc1)COC(C)(C)C3. The zero-order valence-electron chi connectivity index (χ0n) is 16.8. The summed E-state index contributed by atoms with van der Waals surface area (Å²) >= 11 is 3.38. The topological polar surface area (TPSA) is 44.1 Å². The smallest absolute Gasteiger partial charge is 0.211 e. The fourth-order valence-corrected chi connectivity index (χ4v) is 5.87. The lowest BCUT2D eigenvalue weighted by molar-refractivity contribution is -0.0386. The normalized spacial score (nSPS) is 15.9. The fraction of sp³-hybridized carbons (Fsp3) is 0.455. The third-order valence-electron chi connectivity index (χ3n) is 4.99. The van der Waals surface area contributed by atoms with Crippen molar-refractivity contribution in [3.8, 4) is 5.69 Å². The van der Waals surface area contributed by atoms with Gasteiger partial charge in [0, 0.05) is 28.3 Å². The van der Waals surface area contributed by atoms with Crippen molar-refractivity contribution in [1.29, 1.82) is 0 Å². The lowest BCUT2D eigenvalue weighted by Gasteiger charge is -2.30. The number of hydrogen-bond donors (Lipinski definition) is 0. The predicted molar refractivity (Wildman–Crippen MR) is 118 cm³/mol. The number of rotatable bonds is 5. The molecule has 6 heteroatoms. The number of hydrogen-bond acceptors (Lipinski definition) is 5. The number of ether oxygens (including phenoxy) is 1. The van der Waals surface area contributed by atoms with Gasteiger partial charge in [0.2, 0.25) is 5.43 Å². The Hall–Kier alpha value is -1.63. The summed E-state index contributed by atoms with van der Waals surface area (Å²) in [4.78, 5) is 20.1. The van der Waals surface area contributed by atoms with Crippen molar-refractivity contribution in [2.45, 2.75) is 57.9 Å². The van der Waals surface area contributed by atoms with Gasteiger partial charge in [-0.05, 0) is 38.3 Å². The van der Waals surface area contributed by atoms with Crippen LogP contribution < -0.4 is 5.43 Å². The summed E-state index contributed by atoms with van der Waals surface area (Å²) < 4.78 is 8.12. The van der Waals surface area contributed by atoms with Crippen LogP contribution in [0.2, 0.25) is 0 Å². The highest BCUT2D eigenvalue weighted by atomic mass is 32.2. The van der Waals surface area contributed by atoms with Crippen LogP contribution in [0.25, 0.3) is 16.0 Å². The Kier molecular flexibility index (Phi) is 5.38. The van der Waals surface area contributed by atoms with Crippen molar-refractivity contribution in [2.75, 3.05) is 5.75 Å². The average molecular weight is 415 g/mol. The highest BCUT2D eigenvalue weighted by molar-refractivity contribution is 7.99. The highest BCUT2D eigenvalue weighted by Gasteiger charge is 2.30. The molecule has 1 aliphatic rings. The van der Waals surface area contributed by atoms with Gasteiger partial charge in [0.15, 0.2) is 5.16 Å². The molecule has 3 heterocycles. The zero-order valence-corrected chi connectivity index (χ0v) is 18.5. The average Bonchev–Trinajstić information content (AvgIpc) is 3.01. The van der Waals surface area contributed by atoms with E-state index in [1.807, 2.05) is 32.0 Å². The second-order valence-electron chi connectivity index (χ2n) is 8.31. The van der Waals surface area contributed by atoms with E-state index in [9.17, 15) is 4.79 Å². The molecule has 148 valence electrons. The molecular formula is C22H26N2O2S2. The minimum absolute atomic E-state index is 0.0699. The van der Waals surface area contributed by atoms with Crippen molar-refractivity contribution in [1.82, 2.24) is 9.55 Å². The maximum atomic E-state index is 13.3. The molecule has 0 fully saturated rings. The van der Waals surface area contributed by atoms with Crippen molar-refractivity contribution in [3.63, 3.8) is 0 Å². The Morgan fingerprint density at radius 3 is 2.75 bits per heavy atom. The number of thioether (sulfide) groups is 1. The van der Waals surface area contributed by atoms with Crippen LogP contribution >= 0.6 is 23.1 Å². The van der Waals surface area contributed by atoms with Gasteiger partial charge in [-0.2, -0.15) is 0 Å². The van der Waals surface area contributed by atoms with Gasteiger partial charge in [0.25, 0.3) is 0 Å². The van der Waals surface area contributed by atoms with Crippen LogP contribution in [-0.4, -0.2) is 20.9 Å². The molecule has 1 aromatic carbocycles. The molecule has 3 aromatic rings. The molecule has 0 atom stereocenters. The molecule has 0 amide bonds. The van der Waals surface area contributed by atoms with Crippen LogP contribution in [0, 0.1) is 5.92 Å². The van der Waals surface area contributed by atoms with Crippen molar-refractivity contribution >= 4 is 33.4 Å². The van der Waals surface area contributed by atoms with Crippen LogP contribution in [0.5, 0.6) is 0 Å². The predicted octanol–water partition coefficient (Wildman–Crippen LogP) is 5.44. The Bertz CT molecular complexity index is 1050. The first-order valence-corrected chi connectivity index (χ1v) is 11.6. The van der Waals surface area contributed by atoms with Crippen molar-refractivity contribution < 1.29 is 4.74 Å². The molecule has 4 nitrogen and oxygen atoms in total. The highest BCUT2D eigenvalue weighted by Crippen LogP contribution is 2.35. The summed E-state index contributed by atoms with van der Waals surface area (Å²) in [6.45, 7) is 9.04. The second-order valence-corrected chi connectivity index (χ2v) is 10.5. The van der Waals surface area contributed by atoms with E-state index in [1.54, 1.807) is 23.1 Å². The van der Waals surface area contributed by atoms with E-state index < -0.39 is 0 Å². The standard InChI is InChI=1S/C22H26N2O2S2/c1-14(2)10-11-27-21-23-18-19(25)16-12-22(3,4)26-13-17(16)28-20(18)24(21)15-8-6-5-7-9-15/h5-9,14H,10-13H2,1-4H3. The largest absolute Gasteiger partial charge is 0.370 e. The number of nitrogens with zero attached hydrogens (tertiary/aromatic N) is 2. The monoisotopic (exact) mass is 414 g/mol. The minimum Gasteiger partial charge on any atom is -0.370 e. The Labute approximate surface area is 174 Å². The van der Waals surface area contributed by atoms with Crippen LogP contribution in [-0.2, 0) is 17.8 Å². The molecule has 0 saturated heterocycles. The molecule has 28 heavy (non-hydrogen) atoms. The van der Waals surface area contributed by atoms with E-state index in [1.165, 1.54) is 0 Å². The molecule has 0 spiro atoms. The maximum absolute atomic E-state index is 13.3. The Morgan fingerprint density at radius 2 is 2.04 bits per heavy atom. The van der Waals surface area contributed by atoms with Gasteiger partial charge in [-0.1, -0.05) is 43.8 Å². The summed E-state index contributed by atoms with van der Waals surface area (Å²) in [6.07, 6.45) is 1.76. The fourth-order valence-electron chi connectivity index (χ4n) is 3.40. The summed E-state index contributed by atoms with van der Waals surface area (Å²) in [7, 11) is 0. The number of imidazole rings is 1. The summed E-state index contributed by atoms with van der Waals surface area (Å²) in [5.74, 6) is 1.63. The van der Waals surface area contributed by atoms with Gasteiger partial charge in [-0.15, -0.1) is 11.3 Å². The Morgan fingerprint density at radius 1 is 1.29 bits per heavy atom. The van der Waals surface area contributed by atoms with Gasteiger partial charge in [0.05, 0.1) is 12.2 Å². The van der Waals surface area contributed by atoms with Crippen LogP contribution in [0.3, 0.4) is 0 Å². The molecule has 0 radical (unpaired) electrons. The van der Waals surface area contributed by atoms with Crippen LogP contribution in [0.15, 0.2) is 40.3 Å². The molecule has 0 N–H and O–H groups in total. The molecule has 0 bridgehead atoms. The summed E-state index contributed by atoms with van der Waals surface area (Å²) in [6, 6.07) is 10.2. The molecule has 0 unspecified atom stereocenters. The van der Waals surface area contributed by atoms with Crippen LogP contribution in [0.1, 0.15) is 44.6 Å². The van der Waals surface area contributed by atoms with Gasteiger partial charge < -0.3 is 4.74 Å². The van der Waals surface area contributed by atoms with E-state index in [4.69, 9.17) is 9.72 Å². The number of benzene rings is 1. The van der Waals surface area contributed by atoms with Gasteiger partial charge in [0.1, 0.15) is 10.3 Å². The number of aromatic nitrogens is 2. The second kappa shape index (κ2) is 7.65. The van der Waals surface area contributed by atoms with Gasteiger partial charge in [-0.25, -0.2) is 4.98 Å². The van der Waals surface area contributed by atoms with E-state index >= 15 is 0 Å². The van der Waals surface area contributed by atoms with E-state index in [0.29, 0.717) is 24.5 Å². The molecule has 0 saturated carbocycles. The van der Waals surface area contributed by atoms with E-state index in [2.05, 4.69) is 30.5 Å². The maximum Gasteiger partial charge on any atom is 0.211 e. The quantitative estimate of drug-likeness (QED) is 0.522.